The van der Waals surface area contributed by atoms with Crippen molar-refractivity contribution in [1.29, 1.82) is 0 Å². The zero-order chi connectivity index (χ0) is 18.7. The van der Waals surface area contributed by atoms with Crippen molar-refractivity contribution in [3.63, 3.8) is 0 Å². The van der Waals surface area contributed by atoms with Gasteiger partial charge in [-0.15, -0.1) is 0 Å². The quantitative estimate of drug-likeness (QED) is 0.620. The number of carbonyl (C=O) groups excluding carboxylic acids is 1. The SMILES string of the molecule is COC(=O)CCS(=O)(=O)C1(c2cc(OC)c(OC)c(OC)c2)COC1. The zero-order valence-corrected chi connectivity index (χ0v) is 15.5. The second-order valence-electron chi connectivity index (χ2n) is 5.55. The monoisotopic (exact) mass is 374 g/mol. The summed E-state index contributed by atoms with van der Waals surface area (Å²) in [4.78, 5) is 11.3. The third kappa shape index (κ3) is 3.38. The molecule has 0 aromatic heterocycles. The molecular weight excluding hydrogens is 352 g/mol. The Bertz CT molecular complexity index is 711. The third-order valence-electron chi connectivity index (χ3n) is 4.26. The number of sulfone groups is 1. The van der Waals surface area contributed by atoms with Crippen LogP contribution in [-0.2, 0) is 28.9 Å². The Balaban J connectivity index is 2.47. The molecule has 1 aromatic carbocycles. The normalized spacial score (nSPS) is 15.8. The number of hydrogen-bond donors (Lipinski definition) is 0. The van der Waals surface area contributed by atoms with Gasteiger partial charge in [-0.05, 0) is 17.7 Å². The molecule has 1 aromatic rings. The van der Waals surface area contributed by atoms with Gasteiger partial charge in [-0.25, -0.2) is 8.42 Å². The predicted octanol–water partition coefficient (Wildman–Crippen LogP) is 0.916. The first-order valence-corrected chi connectivity index (χ1v) is 9.17. The number of benzene rings is 1. The summed E-state index contributed by atoms with van der Waals surface area (Å²) >= 11 is 0. The number of esters is 1. The Morgan fingerprint density at radius 1 is 1.08 bits per heavy atom. The van der Waals surface area contributed by atoms with E-state index < -0.39 is 20.6 Å². The molecule has 25 heavy (non-hydrogen) atoms. The van der Waals surface area contributed by atoms with Gasteiger partial charge in [0.25, 0.3) is 0 Å². The van der Waals surface area contributed by atoms with E-state index in [1.165, 1.54) is 28.4 Å². The van der Waals surface area contributed by atoms with Crippen LogP contribution in [0.2, 0.25) is 0 Å². The zero-order valence-electron chi connectivity index (χ0n) is 14.7. The number of methoxy groups -OCH3 is 4. The maximum atomic E-state index is 12.9. The van der Waals surface area contributed by atoms with E-state index in [0.717, 1.165) is 0 Å². The molecule has 0 aliphatic carbocycles. The largest absolute Gasteiger partial charge is 0.493 e. The van der Waals surface area contributed by atoms with E-state index in [4.69, 9.17) is 18.9 Å². The second kappa shape index (κ2) is 7.49. The molecule has 8 nitrogen and oxygen atoms in total. The van der Waals surface area contributed by atoms with Crippen molar-refractivity contribution < 1.29 is 36.9 Å². The molecule has 1 fully saturated rings. The van der Waals surface area contributed by atoms with Gasteiger partial charge in [0.15, 0.2) is 21.3 Å². The molecule has 0 bridgehead atoms. The molecule has 9 heteroatoms. The van der Waals surface area contributed by atoms with Crippen molar-refractivity contribution in [3.8, 4) is 17.2 Å². The van der Waals surface area contributed by atoms with Crippen LogP contribution in [-0.4, -0.2) is 61.8 Å². The lowest BCUT2D eigenvalue weighted by Gasteiger charge is -2.41. The average Bonchev–Trinajstić information content (AvgIpc) is 2.57. The van der Waals surface area contributed by atoms with Crippen LogP contribution in [0, 0.1) is 0 Å². The van der Waals surface area contributed by atoms with Crippen LogP contribution in [0.1, 0.15) is 12.0 Å². The van der Waals surface area contributed by atoms with E-state index in [0.29, 0.717) is 22.8 Å². The van der Waals surface area contributed by atoms with Gasteiger partial charge in [-0.3, -0.25) is 4.79 Å². The smallest absolute Gasteiger partial charge is 0.306 e. The van der Waals surface area contributed by atoms with Gasteiger partial charge in [-0.1, -0.05) is 0 Å². The summed E-state index contributed by atoms with van der Waals surface area (Å²) in [7, 11) is 1.91. The minimum Gasteiger partial charge on any atom is -0.493 e. The second-order valence-corrected chi connectivity index (χ2v) is 7.97. The maximum absolute atomic E-state index is 12.9. The average molecular weight is 374 g/mol. The van der Waals surface area contributed by atoms with Crippen molar-refractivity contribution >= 4 is 15.8 Å². The van der Waals surface area contributed by atoms with E-state index in [-0.39, 0.29) is 25.4 Å². The van der Waals surface area contributed by atoms with Crippen molar-refractivity contribution in [1.82, 2.24) is 0 Å². The van der Waals surface area contributed by atoms with Crippen LogP contribution in [0.4, 0.5) is 0 Å². The molecule has 0 N–H and O–H groups in total. The summed E-state index contributed by atoms with van der Waals surface area (Å²) in [5.74, 6) is 0.164. The predicted molar refractivity (Wildman–Crippen MR) is 89.0 cm³/mol. The van der Waals surface area contributed by atoms with E-state index >= 15 is 0 Å². The van der Waals surface area contributed by atoms with Crippen LogP contribution in [0.25, 0.3) is 0 Å². The highest BCUT2D eigenvalue weighted by molar-refractivity contribution is 7.92. The molecule has 0 radical (unpaired) electrons. The van der Waals surface area contributed by atoms with Crippen molar-refractivity contribution in [2.45, 2.75) is 11.2 Å². The molecule has 0 atom stereocenters. The maximum Gasteiger partial charge on any atom is 0.306 e. The van der Waals surface area contributed by atoms with Gasteiger partial charge >= 0.3 is 5.97 Å². The molecule has 1 aliphatic heterocycles. The van der Waals surface area contributed by atoms with Crippen LogP contribution in [0.15, 0.2) is 12.1 Å². The Morgan fingerprint density at radius 3 is 2.00 bits per heavy atom. The van der Waals surface area contributed by atoms with E-state index in [1.807, 2.05) is 0 Å². The summed E-state index contributed by atoms with van der Waals surface area (Å²) in [6.07, 6.45) is -0.217. The topological polar surface area (TPSA) is 97.4 Å². The molecule has 2 rings (SSSR count). The van der Waals surface area contributed by atoms with Gasteiger partial charge < -0.3 is 23.7 Å². The molecule has 1 saturated heterocycles. The number of rotatable bonds is 8. The summed E-state index contributed by atoms with van der Waals surface area (Å²) < 4.78 is 50.2. The van der Waals surface area contributed by atoms with Crippen LogP contribution >= 0.6 is 0 Å². The van der Waals surface area contributed by atoms with E-state index in [9.17, 15) is 13.2 Å². The minimum absolute atomic E-state index is 0.00482. The first-order chi connectivity index (χ1) is 11.8. The van der Waals surface area contributed by atoms with Gasteiger partial charge in [0.2, 0.25) is 5.75 Å². The van der Waals surface area contributed by atoms with Crippen molar-refractivity contribution in [2.75, 3.05) is 47.4 Å². The Kier molecular flexibility index (Phi) is 5.79. The highest BCUT2D eigenvalue weighted by Crippen LogP contribution is 2.46. The van der Waals surface area contributed by atoms with Gasteiger partial charge in [0.1, 0.15) is 4.75 Å². The standard InChI is InChI=1S/C16H22O8S/c1-20-12-7-11(8-13(21-2)15(12)23-4)16(9-24-10-16)25(18,19)6-5-14(17)22-3/h7-8H,5-6,9-10H2,1-4H3. The molecular formula is C16H22O8S. The molecule has 1 heterocycles. The lowest BCUT2D eigenvalue weighted by atomic mass is 9.95. The molecule has 0 spiro atoms. The number of ether oxygens (including phenoxy) is 5. The number of carbonyl (C=O) groups is 1. The Hall–Kier alpha value is -2.00. The highest BCUT2D eigenvalue weighted by Gasteiger charge is 2.52. The van der Waals surface area contributed by atoms with Crippen LogP contribution in [0.5, 0.6) is 17.2 Å². The third-order valence-corrected chi connectivity index (χ3v) is 6.66. The lowest BCUT2D eigenvalue weighted by molar-refractivity contribution is -0.140. The summed E-state index contributed by atoms with van der Waals surface area (Å²) in [6.45, 7) is -0.00964. The van der Waals surface area contributed by atoms with E-state index in [2.05, 4.69) is 4.74 Å². The first kappa shape index (κ1) is 19.3. The van der Waals surface area contributed by atoms with E-state index in [1.54, 1.807) is 12.1 Å². The highest BCUT2D eigenvalue weighted by atomic mass is 32.2. The fourth-order valence-corrected chi connectivity index (χ4v) is 4.50. The molecule has 0 amide bonds. The molecule has 0 unspecified atom stereocenters. The van der Waals surface area contributed by atoms with Gasteiger partial charge in [0, 0.05) is 0 Å². The van der Waals surface area contributed by atoms with Gasteiger partial charge in [0.05, 0.1) is 53.8 Å². The molecule has 0 saturated carbocycles. The van der Waals surface area contributed by atoms with Crippen molar-refractivity contribution in [2.24, 2.45) is 0 Å². The fourth-order valence-electron chi connectivity index (χ4n) is 2.67. The fraction of sp³-hybridized carbons (Fsp3) is 0.562. The molecule has 1 aliphatic rings. The first-order valence-electron chi connectivity index (χ1n) is 7.52. The number of hydrogen-bond acceptors (Lipinski definition) is 8. The minimum atomic E-state index is -3.69. The van der Waals surface area contributed by atoms with Crippen molar-refractivity contribution in [3.05, 3.63) is 17.7 Å². The summed E-state index contributed by atoms with van der Waals surface area (Å²) in [5, 5.41) is 0. The van der Waals surface area contributed by atoms with Crippen LogP contribution < -0.4 is 14.2 Å². The van der Waals surface area contributed by atoms with Crippen LogP contribution in [0.3, 0.4) is 0 Å². The summed E-state index contributed by atoms with van der Waals surface area (Å²) in [6, 6.07) is 3.19. The Labute approximate surface area is 146 Å². The summed E-state index contributed by atoms with van der Waals surface area (Å²) in [5.41, 5.74) is 0.470. The lowest BCUT2D eigenvalue weighted by Crippen LogP contribution is -2.53. The Morgan fingerprint density at radius 2 is 1.64 bits per heavy atom. The molecule has 140 valence electrons. The van der Waals surface area contributed by atoms with Gasteiger partial charge in [-0.2, -0.15) is 0 Å².